The zero-order valence-electron chi connectivity index (χ0n) is 17.3. The number of nitrogens with one attached hydrogen (secondary N) is 2. The van der Waals surface area contributed by atoms with Crippen molar-refractivity contribution in [3.63, 3.8) is 0 Å². The molecule has 31 heavy (non-hydrogen) atoms. The van der Waals surface area contributed by atoms with Gasteiger partial charge in [0.2, 0.25) is 0 Å². The minimum Gasteiger partial charge on any atom is -0.378 e. The lowest BCUT2D eigenvalue weighted by Gasteiger charge is -2.10. The van der Waals surface area contributed by atoms with Gasteiger partial charge in [-0.15, -0.1) is 5.10 Å². The Labute approximate surface area is 180 Å². The van der Waals surface area contributed by atoms with E-state index >= 15 is 0 Å². The normalized spacial score (nSPS) is 10.7. The highest BCUT2D eigenvalue weighted by molar-refractivity contribution is 5.93. The molecule has 0 spiro atoms. The van der Waals surface area contributed by atoms with Gasteiger partial charge in [0.1, 0.15) is 0 Å². The van der Waals surface area contributed by atoms with Gasteiger partial charge in [0, 0.05) is 16.8 Å². The second kappa shape index (κ2) is 8.81. The number of aromatic nitrogens is 3. The number of rotatable bonds is 6. The molecule has 4 rings (SSSR count). The van der Waals surface area contributed by atoms with Crippen LogP contribution in [0.1, 0.15) is 27.3 Å². The van der Waals surface area contributed by atoms with Gasteiger partial charge in [-0.2, -0.15) is 0 Å². The fourth-order valence-corrected chi connectivity index (χ4v) is 3.43. The largest absolute Gasteiger partial charge is 0.378 e. The maximum atomic E-state index is 11.5. The molecule has 7 nitrogen and oxygen atoms in total. The zero-order chi connectivity index (χ0) is 21.8. The molecule has 0 unspecified atom stereocenters. The van der Waals surface area contributed by atoms with Gasteiger partial charge in [0.25, 0.3) is 5.91 Å². The summed E-state index contributed by atoms with van der Waals surface area (Å²) in [6.07, 6.45) is 0. The summed E-state index contributed by atoms with van der Waals surface area (Å²) < 4.78 is 1.86. The Hall–Kier alpha value is -3.97. The fraction of sp³-hybridized carbons (Fsp3) is 0.125. The summed E-state index contributed by atoms with van der Waals surface area (Å²) in [6, 6.07) is 23.0. The summed E-state index contributed by atoms with van der Waals surface area (Å²) >= 11 is 0. The molecule has 0 saturated carbocycles. The molecule has 3 N–H and O–H groups in total. The zero-order valence-corrected chi connectivity index (χ0v) is 17.3. The number of hydroxylamine groups is 1. The van der Waals surface area contributed by atoms with Crippen LogP contribution < -0.4 is 10.8 Å². The van der Waals surface area contributed by atoms with Gasteiger partial charge in [0.15, 0.2) is 11.6 Å². The number of hydrogen-bond donors (Lipinski definition) is 3. The Morgan fingerprint density at radius 2 is 1.65 bits per heavy atom. The standard InChI is InChI=1S/C24H23N5O2/c1-16-12-17(2)14-21(13-16)29-22(26-23(27-29)18-6-4-3-5-7-18)15-25-20-10-8-19(9-11-20)24(30)28-31/h3-14,25,31H,15H2,1-2H3,(H,28,30). The molecule has 1 heterocycles. The van der Waals surface area contributed by atoms with Crippen LogP contribution in [-0.4, -0.2) is 25.9 Å². The number of anilines is 1. The third-order valence-corrected chi connectivity index (χ3v) is 4.86. The molecule has 3 aromatic carbocycles. The van der Waals surface area contributed by atoms with E-state index in [2.05, 4.69) is 37.4 Å². The predicted molar refractivity (Wildman–Crippen MR) is 119 cm³/mol. The van der Waals surface area contributed by atoms with Crippen LogP contribution in [0.2, 0.25) is 0 Å². The van der Waals surface area contributed by atoms with Crippen LogP contribution in [-0.2, 0) is 6.54 Å². The molecule has 0 radical (unpaired) electrons. The van der Waals surface area contributed by atoms with Crippen LogP contribution in [0.5, 0.6) is 0 Å². The van der Waals surface area contributed by atoms with Gasteiger partial charge in [-0.1, -0.05) is 36.4 Å². The molecule has 0 aliphatic carbocycles. The average Bonchev–Trinajstić information content (AvgIpc) is 3.22. The summed E-state index contributed by atoms with van der Waals surface area (Å²) in [6.45, 7) is 4.57. The molecule has 0 saturated heterocycles. The number of hydrogen-bond acceptors (Lipinski definition) is 5. The van der Waals surface area contributed by atoms with Gasteiger partial charge in [-0.3, -0.25) is 10.0 Å². The van der Waals surface area contributed by atoms with E-state index in [4.69, 9.17) is 15.3 Å². The summed E-state index contributed by atoms with van der Waals surface area (Å²) in [5.74, 6) is 0.876. The van der Waals surface area contributed by atoms with Crippen LogP contribution in [0.25, 0.3) is 17.1 Å². The maximum absolute atomic E-state index is 11.5. The topological polar surface area (TPSA) is 92.1 Å². The minimum atomic E-state index is -0.548. The Bertz CT molecular complexity index is 1180. The molecule has 0 fully saturated rings. The number of aryl methyl sites for hydroxylation is 2. The molecular formula is C24H23N5O2. The molecule has 7 heteroatoms. The lowest BCUT2D eigenvalue weighted by molar-refractivity contribution is 0.0706. The highest BCUT2D eigenvalue weighted by Crippen LogP contribution is 2.21. The number of carbonyl (C=O) groups is 1. The molecule has 1 amide bonds. The first-order valence-corrected chi connectivity index (χ1v) is 9.92. The maximum Gasteiger partial charge on any atom is 0.274 e. The third kappa shape index (κ3) is 4.62. The molecule has 0 aliphatic rings. The monoisotopic (exact) mass is 413 g/mol. The lowest BCUT2D eigenvalue weighted by Crippen LogP contribution is -2.18. The van der Waals surface area contributed by atoms with Gasteiger partial charge in [0.05, 0.1) is 12.2 Å². The Balaban J connectivity index is 1.65. The smallest absolute Gasteiger partial charge is 0.274 e. The molecule has 0 aliphatic heterocycles. The van der Waals surface area contributed by atoms with Crippen molar-refractivity contribution in [3.05, 3.63) is 95.3 Å². The summed E-state index contributed by atoms with van der Waals surface area (Å²) in [5, 5.41) is 16.9. The molecule has 0 bridgehead atoms. The summed E-state index contributed by atoms with van der Waals surface area (Å²) in [7, 11) is 0. The van der Waals surface area contributed by atoms with Crippen molar-refractivity contribution in [1.29, 1.82) is 0 Å². The number of carbonyl (C=O) groups excluding carboxylic acids is 1. The van der Waals surface area contributed by atoms with E-state index in [9.17, 15) is 4.79 Å². The van der Waals surface area contributed by atoms with Crippen LogP contribution >= 0.6 is 0 Å². The number of benzene rings is 3. The second-order valence-electron chi connectivity index (χ2n) is 7.35. The first kappa shape index (κ1) is 20.3. The molecule has 4 aromatic rings. The van der Waals surface area contributed by atoms with Crippen LogP contribution in [0.3, 0.4) is 0 Å². The van der Waals surface area contributed by atoms with E-state index in [-0.39, 0.29) is 0 Å². The average molecular weight is 413 g/mol. The highest BCUT2D eigenvalue weighted by atomic mass is 16.5. The van der Waals surface area contributed by atoms with Crippen molar-refractivity contribution in [1.82, 2.24) is 20.2 Å². The third-order valence-electron chi connectivity index (χ3n) is 4.86. The Morgan fingerprint density at radius 3 is 2.29 bits per heavy atom. The molecule has 0 atom stereocenters. The van der Waals surface area contributed by atoms with E-state index in [0.29, 0.717) is 17.9 Å². The van der Waals surface area contributed by atoms with Gasteiger partial charge in [-0.25, -0.2) is 15.1 Å². The minimum absolute atomic E-state index is 0.373. The van der Waals surface area contributed by atoms with Crippen molar-refractivity contribution in [2.45, 2.75) is 20.4 Å². The van der Waals surface area contributed by atoms with Crippen LogP contribution in [0.4, 0.5) is 5.69 Å². The van der Waals surface area contributed by atoms with E-state index in [1.54, 1.807) is 29.7 Å². The summed E-state index contributed by atoms with van der Waals surface area (Å²) in [5.41, 5.74) is 7.05. The first-order valence-electron chi connectivity index (χ1n) is 9.92. The van der Waals surface area contributed by atoms with E-state index < -0.39 is 5.91 Å². The van der Waals surface area contributed by atoms with Gasteiger partial charge in [-0.05, 0) is 61.4 Å². The fourth-order valence-electron chi connectivity index (χ4n) is 3.43. The first-order chi connectivity index (χ1) is 15.0. The summed E-state index contributed by atoms with van der Waals surface area (Å²) in [4.78, 5) is 16.3. The van der Waals surface area contributed by atoms with E-state index in [1.807, 2.05) is 35.0 Å². The van der Waals surface area contributed by atoms with Gasteiger partial charge >= 0.3 is 0 Å². The molecular weight excluding hydrogens is 390 g/mol. The molecule has 156 valence electrons. The number of nitrogens with zero attached hydrogens (tertiary/aromatic N) is 3. The van der Waals surface area contributed by atoms with E-state index in [1.165, 1.54) is 0 Å². The predicted octanol–water partition coefficient (Wildman–Crippen LogP) is 4.28. The van der Waals surface area contributed by atoms with Crippen molar-refractivity contribution in [2.24, 2.45) is 0 Å². The highest BCUT2D eigenvalue weighted by Gasteiger charge is 2.14. The number of amides is 1. The van der Waals surface area contributed by atoms with Crippen LogP contribution in [0.15, 0.2) is 72.8 Å². The van der Waals surface area contributed by atoms with Crippen molar-refractivity contribution < 1.29 is 10.0 Å². The second-order valence-corrected chi connectivity index (χ2v) is 7.35. The van der Waals surface area contributed by atoms with Crippen LogP contribution in [0, 0.1) is 13.8 Å². The van der Waals surface area contributed by atoms with Crippen molar-refractivity contribution >= 4 is 11.6 Å². The van der Waals surface area contributed by atoms with E-state index in [0.717, 1.165) is 33.9 Å². The SMILES string of the molecule is Cc1cc(C)cc(-n2nc(-c3ccccc3)nc2CNc2ccc(C(=O)NO)cc2)c1. The van der Waals surface area contributed by atoms with Gasteiger partial charge < -0.3 is 5.32 Å². The lowest BCUT2D eigenvalue weighted by atomic mass is 10.1. The molecule has 1 aromatic heterocycles. The quantitative estimate of drug-likeness (QED) is 0.324. The Kier molecular flexibility index (Phi) is 5.77. The van der Waals surface area contributed by atoms with Crippen molar-refractivity contribution in [2.75, 3.05) is 5.32 Å². The Morgan fingerprint density at radius 1 is 0.968 bits per heavy atom. The van der Waals surface area contributed by atoms with Crippen molar-refractivity contribution in [3.8, 4) is 17.1 Å².